The van der Waals surface area contributed by atoms with E-state index < -0.39 is 59.6 Å². The molecule has 0 aromatic heterocycles. The number of rotatable bonds is 7. The fraction of sp³-hybridized carbons (Fsp3) is 0.316. The van der Waals surface area contributed by atoms with Crippen molar-refractivity contribution in [3.63, 3.8) is 0 Å². The van der Waals surface area contributed by atoms with E-state index in [4.69, 9.17) is 9.47 Å². The molecule has 1 aliphatic carbocycles. The SMILES string of the molecule is O=C(O)C1O[C@@H](OC2(c3ccccc3)CCC3(CC2)C(=O)N(c2ccc(F)cc2)[C@@H]3c2ccc(-c3cccc(O)c3)cc2O)[C@@H](O)C(O)[C@@H]1O. The third kappa shape index (κ3) is 5.59. The van der Waals surface area contributed by atoms with Gasteiger partial charge in [0.05, 0.1) is 17.1 Å². The lowest BCUT2D eigenvalue weighted by molar-refractivity contribution is -0.328. The van der Waals surface area contributed by atoms with Crippen LogP contribution in [0, 0.1) is 11.2 Å². The van der Waals surface area contributed by atoms with E-state index in [1.807, 2.05) is 18.2 Å². The quantitative estimate of drug-likeness (QED) is 0.153. The van der Waals surface area contributed by atoms with Gasteiger partial charge in [-0.1, -0.05) is 54.6 Å². The van der Waals surface area contributed by atoms with Gasteiger partial charge in [0.2, 0.25) is 5.91 Å². The molecule has 7 rings (SSSR count). The Morgan fingerprint density at radius 1 is 0.800 bits per heavy atom. The van der Waals surface area contributed by atoms with Gasteiger partial charge >= 0.3 is 5.97 Å². The Bertz CT molecular complexity index is 1900. The monoisotopic (exact) mass is 685 g/mol. The Hall–Kier alpha value is -4.85. The smallest absolute Gasteiger partial charge is 0.335 e. The van der Waals surface area contributed by atoms with Gasteiger partial charge < -0.3 is 45.0 Å². The minimum atomic E-state index is -1.89. The zero-order chi connectivity index (χ0) is 35.4. The first-order chi connectivity index (χ1) is 23.9. The van der Waals surface area contributed by atoms with Gasteiger partial charge in [-0.3, -0.25) is 4.79 Å². The van der Waals surface area contributed by atoms with E-state index in [0.717, 1.165) is 0 Å². The van der Waals surface area contributed by atoms with Gasteiger partial charge in [0, 0.05) is 11.3 Å². The van der Waals surface area contributed by atoms with Crippen LogP contribution in [-0.2, 0) is 24.7 Å². The highest BCUT2D eigenvalue weighted by Gasteiger charge is 2.65. The zero-order valence-corrected chi connectivity index (χ0v) is 26.7. The molecule has 4 aromatic rings. The number of benzene rings is 4. The van der Waals surface area contributed by atoms with Gasteiger partial charge in [0.1, 0.15) is 35.6 Å². The van der Waals surface area contributed by atoms with Crippen LogP contribution in [0.3, 0.4) is 0 Å². The normalized spacial score (nSPS) is 31.0. The highest BCUT2D eigenvalue weighted by Crippen LogP contribution is 2.63. The van der Waals surface area contributed by atoms with Crippen molar-refractivity contribution in [2.45, 2.75) is 68.0 Å². The second-order valence-corrected chi connectivity index (χ2v) is 13.2. The molecular weight excluding hydrogens is 649 g/mol. The average molecular weight is 686 g/mol. The fourth-order valence-electron chi connectivity index (χ4n) is 7.78. The summed E-state index contributed by atoms with van der Waals surface area (Å²) < 4.78 is 25.9. The molecule has 2 unspecified atom stereocenters. The molecule has 50 heavy (non-hydrogen) atoms. The largest absolute Gasteiger partial charge is 0.508 e. The Morgan fingerprint density at radius 2 is 1.48 bits per heavy atom. The second kappa shape index (κ2) is 12.8. The lowest BCUT2D eigenvalue weighted by Gasteiger charge is -2.60. The molecule has 3 fully saturated rings. The van der Waals surface area contributed by atoms with E-state index in [9.17, 15) is 44.6 Å². The van der Waals surface area contributed by atoms with Gasteiger partial charge in [-0.2, -0.15) is 0 Å². The first kappa shape index (κ1) is 33.6. The summed E-state index contributed by atoms with van der Waals surface area (Å²) in [6, 6.07) is 25.6. The molecule has 0 radical (unpaired) electrons. The average Bonchev–Trinajstić information content (AvgIpc) is 3.12. The van der Waals surface area contributed by atoms with Crippen molar-refractivity contribution >= 4 is 17.6 Å². The summed E-state index contributed by atoms with van der Waals surface area (Å²) in [5.74, 6) is -2.24. The minimum absolute atomic E-state index is 0.0683. The Balaban J connectivity index is 1.25. The summed E-state index contributed by atoms with van der Waals surface area (Å²) in [5, 5.41) is 62.7. The third-order valence-corrected chi connectivity index (χ3v) is 10.4. The number of aliphatic hydroxyl groups is 3. The van der Waals surface area contributed by atoms with Gasteiger partial charge in [0.25, 0.3) is 0 Å². The maximum atomic E-state index is 14.3. The first-order valence-corrected chi connectivity index (χ1v) is 16.3. The van der Waals surface area contributed by atoms with Crippen molar-refractivity contribution in [3.05, 3.63) is 114 Å². The Labute approximate surface area is 286 Å². The number of carboxylic acid groups (broad SMARTS) is 1. The van der Waals surface area contributed by atoms with Gasteiger partial charge in [-0.05, 0) is 84.8 Å². The zero-order valence-electron chi connectivity index (χ0n) is 26.7. The van der Waals surface area contributed by atoms with Crippen LogP contribution in [0.25, 0.3) is 11.1 Å². The summed E-state index contributed by atoms with van der Waals surface area (Å²) in [6.07, 6.45) is -8.14. The number of hydrogen-bond donors (Lipinski definition) is 6. The minimum Gasteiger partial charge on any atom is -0.508 e. The number of anilines is 1. The lowest BCUT2D eigenvalue weighted by Crippen LogP contribution is -2.66. The number of carboxylic acids is 1. The number of phenolic OH excluding ortho intramolecular Hbond substituents is 2. The molecule has 6 atom stereocenters. The summed E-state index contributed by atoms with van der Waals surface area (Å²) in [4.78, 5) is 27.7. The van der Waals surface area contributed by atoms with Crippen molar-refractivity contribution in [1.29, 1.82) is 0 Å². The highest BCUT2D eigenvalue weighted by molar-refractivity contribution is 6.06. The molecule has 1 amide bonds. The van der Waals surface area contributed by atoms with Crippen molar-refractivity contribution in [3.8, 4) is 22.6 Å². The first-order valence-electron chi connectivity index (χ1n) is 16.3. The van der Waals surface area contributed by atoms with Crippen LogP contribution in [0.1, 0.15) is 42.9 Å². The molecular formula is C38H36FNO10. The molecule has 0 bridgehead atoms. The number of halogens is 1. The number of carbonyl (C=O) groups excluding carboxylic acids is 1. The predicted molar refractivity (Wildman–Crippen MR) is 176 cm³/mol. The summed E-state index contributed by atoms with van der Waals surface area (Å²) in [7, 11) is 0. The number of phenols is 2. The van der Waals surface area contributed by atoms with Crippen LogP contribution in [0.5, 0.6) is 11.5 Å². The molecule has 1 saturated carbocycles. The van der Waals surface area contributed by atoms with E-state index >= 15 is 0 Å². The number of carbonyl (C=O) groups is 2. The second-order valence-electron chi connectivity index (χ2n) is 13.2. The van der Waals surface area contributed by atoms with Crippen molar-refractivity contribution in [2.75, 3.05) is 4.90 Å². The fourth-order valence-corrected chi connectivity index (χ4v) is 7.78. The molecule has 4 aromatic carbocycles. The number of aromatic hydroxyl groups is 2. The summed E-state index contributed by atoms with van der Waals surface area (Å²) in [6.45, 7) is 0. The maximum Gasteiger partial charge on any atom is 0.335 e. The van der Waals surface area contributed by atoms with Crippen LogP contribution in [0.15, 0.2) is 97.1 Å². The Kier molecular flexibility index (Phi) is 8.61. The van der Waals surface area contributed by atoms with Crippen molar-refractivity contribution in [2.24, 2.45) is 5.41 Å². The van der Waals surface area contributed by atoms with Gasteiger partial charge in [0.15, 0.2) is 12.4 Å². The maximum absolute atomic E-state index is 14.3. The summed E-state index contributed by atoms with van der Waals surface area (Å²) in [5.41, 5.74) is 0.684. The van der Waals surface area contributed by atoms with E-state index in [2.05, 4.69) is 0 Å². The third-order valence-electron chi connectivity index (χ3n) is 10.4. The molecule has 12 heteroatoms. The van der Waals surface area contributed by atoms with Crippen LogP contribution in [0.4, 0.5) is 10.1 Å². The number of aliphatic carboxylic acids is 1. The van der Waals surface area contributed by atoms with Crippen molar-refractivity contribution in [1.82, 2.24) is 0 Å². The Morgan fingerprint density at radius 3 is 2.12 bits per heavy atom. The van der Waals surface area contributed by atoms with E-state index in [1.54, 1.807) is 59.5 Å². The lowest BCUT2D eigenvalue weighted by atomic mass is 9.56. The van der Waals surface area contributed by atoms with E-state index in [1.165, 1.54) is 24.3 Å². The molecule has 6 N–H and O–H groups in total. The number of amides is 1. The topological polar surface area (TPSA) is 177 Å². The van der Waals surface area contributed by atoms with Crippen LogP contribution >= 0.6 is 0 Å². The van der Waals surface area contributed by atoms with Crippen LogP contribution < -0.4 is 4.90 Å². The highest BCUT2D eigenvalue weighted by atomic mass is 19.1. The molecule has 260 valence electrons. The van der Waals surface area contributed by atoms with Crippen LogP contribution in [0.2, 0.25) is 0 Å². The number of aliphatic hydroxyl groups excluding tert-OH is 3. The van der Waals surface area contributed by atoms with Gasteiger partial charge in [-0.15, -0.1) is 0 Å². The number of ether oxygens (including phenoxy) is 2. The predicted octanol–water partition coefficient (Wildman–Crippen LogP) is 4.36. The van der Waals surface area contributed by atoms with Crippen molar-refractivity contribution < 1.29 is 54.1 Å². The van der Waals surface area contributed by atoms with E-state index in [0.29, 0.717) is 27.9 Å². The molecule has 3 aliphatic rings. The molecule has 11 nitrogen and oxygen atoms in total. The number of nitrogens with zero attached hydrogens (tertiary/aromatic N) is 1. The van der Waals surface area contributed by atoms with Gasteiger partial charge in [-0.25, -0.2) is 9.18 Å². The standard InChI is InChI=1S/C38H36FNO10/c39-24-10-12-25(13-11-24)40-33(27-14-9-22(20-28(27)42)21-5-4-8-26(41)19-21)37(36(40)48)15-17-38(18-16-37,23-6-2-1-3-7-23)50-35-31(45)29(43)30(44)32(49-35)34(46)47/h1-14,19-20,29-33,35,41-45H,15-18H2,(H,46,47)/t29?,30-,31-,32?,33+,35-,37?,38?/m0/s1. The molecule has 1 spiro atoms. The molecule has 2 aliphatic heterocycles. The summed E-state index contributed by atoms with van der Waals surface area (Å²) >= 11 is 0. The number of hydrogen-bond acceptors (Lipinski definition) is 9. The van der Waals surface area contributed by atoms with E-state index in [-0.39, 0.29) is 43.1 Å². The molecule has 2 saturated heterocycles. The number of β-lactam (4-membered cyclic amide) rings is 1. The molecule has 2 heterocycles. The van der Waals surface area contributed by atoms with Crippen LogP contribution in [-0.4, -0.2) is 73.2 Å².